The number of amides is 1. The van der Waals surface area contributed by atoms with E-state index < -0.39 is 40.8 Å². The lowest BCUT2D eigenvalue weighted by Crippen LogP contribution is -2.53. The highest BCUT2D eigenvalue weighted by Gasteiger charge is 2.47. The van der Waals surface area contributed by atoms with Gasteiger partial charge in [0.2, 0.25) is 5.91 Å². The fourth-order valence-corrected chi connectivity index (χ4v) is 4.99. The minimum atomic E-state index is -5.08. The van der Waals surface area contributed by atoms with E-state index >= 15 is 0 Å². The minimum Gasteiger partial charge on any atom is -0.475 e. The molecule has 1 amide bonds. The van der Waals surface area contributed by atoms with Crippen LogP contribution < -0.4 is 5.73 Å². The molecule has 1 spiro atoms. The van der Waals surface area contributed by atoms with Gasteiger partial charge in [0.05, 0.1) is 6.61 Å². The number of carbonyl (C=O) groups excluding carboxylic acids is 1. The lowest BCUT2D eigenvalue weighted by Gasteiger charge is -2.47. The highest BCUT2D eigenvalue weighted by Crippen LogP contribution is 2.49. The quantitative estimate of drug-likeness (QED) is 0.559. The van der Waals surface area contributed by atoms with Crippen LogP contribution in [0.15, 0.2) is 6.07 Å². The lowest BCUT2D eigenvalue weighted by molar-refractivity contribution is -0.192. The minimum absolute atomic E-state index is 0.0508. The number of primary amides is 1. The molecule has 3 rings (SSSR count). The van der Waals surface area contributed by atoms with Crippen molar-refractivity contribution in [3.8, 4) is 0 Å². The number of alkyl halides is 6. The Balaban J connectivity index is 0.000000451. The summed E-state index contributed by atoms with van der Waals surface area (Å²) >= 11 is 0.778. The molecular weight excluding hydrogens is 470 g/mol. The third kappa shape index (κ3) is 6.11. The number of β-amino-alcohol motifs (C(OH)–C–C–N with tert-alkyl or cyclic N) is 1. The Morgan fingerprint density at radius 3 is 2.41 bits per heavy atom. The fraction of sp³-hybridized carbons (Fsp3) is 0.667. The Bertz CT molecular complexity index is 843. The number of hydrogen-bond donors (Lipinski definition) is 3. The Morgan fingerprint density at radius 2 is 1.94 bits per heavy atom. The topological polar surface area (TPSA) is 113 Å². The van der Waals surface area contributed by atoms with Crippen LogP contribution in [-0.2, 0) is 32.5 Å². The zero-order chi connectivity index (χ0) is 24.5. The molecular formula is C18H22F6N2O5S. The van der Waals surface area contributed by atoms with Crippen LogP contribution in [0, 0.1) is 0 Å². The van der Waals surface area contributed by atoms with Gasteiger partial charge in [0.15, 0.2) is 0 Å². The van der Waals surface area contributed by atoms with Gasteiger partial charge < -0.3 is 20.7 Å². The van der Waals surface area contributed by atoms with Gasteiger partial charge in [0, 0.05) is 24.0 Å². The number of aliphatic hydroxyl groups is 1. The average molecular weight is 492 g/mol. The Labute approximate surface area is 182 Å². The number of likely N-dealkylation sites (tertiary alicyclic amines) is 1. The first-order valence-corrected chi connectivity index (χ1v) is 10.2. The van der Waals surface area contributed by atoms with Crippen molar-refractivity contribution in [2.24, 2.45) is 5.73 Å². The molecule has 182 valence electrons. The van der Waals surface area contributed by atoms with Gasteiger partial charge in [0.25, 0.3) is 0 Å². The van der Waals surface area contributed by atoms with Crippen LogP contribution in [0.25, 0.3) is 0 Å². The largest absolute Gasteiger partial charge is 0.490 e. The molecule has 0 unspecified atom stereocenters. The monoisotopic (exact) mass is 492 g/mol. The maximum absolute atomic E-state index is 13.1. The number of nitrogens with two attached hydrogens (primary N) is 1. The third-order valence-electron chi connectivity index (χ3n) is 5.28. The van der Waals surface area contributed by atoms with Crippen LogP contribution >= 0.6 is 11.3 Å². The predicted molar refractivity (Wildman–Crippen MR) is 99.8 cm³/mol. The molecule has 14 heteroatoms. The van der Waals surface area contributed by atoms with Gasteiger partial charge in [0.1, 0.15) is 16.6 Å². The molecule has 4 N–H and O–H groups in total. The van der Waals surface area contributed by atoms with Crippen LogP contribution in [0.2, 0.25) is 0 Å². The number of ether oxygens (including phenoxy) is 1. The number of fused-ring (bicyclic) bond motifs is 2. The van der Waals surface area contributed by atoms with Crippen molar-refractivity contribution in [2.45, 2.75) is 56.3 Å². The Hall–Kier alpha value is -1.90. The van der Waals surface area contributed by atoms with Gasteiger partial charge in [-0.25, -0.2) is 4.79 Å². The highest BCUT2D eigenvalue weighted by molar-refractivity contribution is 7.12. The zero-order valence-electron chi connectivity index (χ0n) is 16.8. The second-order valence-electron chi connectivity index (χ2n) is 7.57. The number of carboxylic acid groups (broad SMARTS) is 1. The molecule has 0 aromatic carbocycles. The molecule has 1 saturated heterocycles. The van der Waals surface area contributed by atoms with Crippen molar-refractivity contribution in [2.75, 3.05) is 19.7 Å². The number of carbonyl (C=O) groups is 2. The molecule has 0 radical (unpaired) electrons. The summed E-state index contributed by atoms with van der Waals surface area (Å²) in [6, 6.07) is 1.20. The Morgan fingerprint density at radius 1 is 1.34 bits per heavy atom. The van der Waals surface area contributed by atoms with Crippen LogP contribution in [0.1, 0.15) is 35.1 Å². The van der Waals surface area contributed by atoms with Crippen molar-refractivity contribution in [3.05, 3.63) is 21.4 Å². The van der Waals surface area contributed by atoms with Gasteiger partial charge in [-0.3, -0.25) is 9.69 Å². The maximum atomic E-state index is 13.1. The number of halogens is 6. The molecule has 0 saturated carbocycles. The van der Waals surface area contributed by atoms with Crippen LogP contribution in [0.5, 0.6) is 0 Å². The summed E-state index contributed by atoms with van der Waals surface area (Å²) in [7, 11) is 0. The van der Waals surface area contributed by atoms with E-state index in [1.54, 1.807) is 0 Å². The van der Waals surface area contributed by atoms with Gasteiger partial charge in [-0.05, 0) is 37.8 Å². The molecule has 1 aromatic rings. The normalized spacial score (nSPS) is 24.9. The first-order valence-electron chi connectivity index (χ1n) is 9.42. The van der Waals surface area contributed by atoms with E-state index in [1.807, 2.05) is 11.8 Å². The number of hydrogen-bond acceptors (Lipinski definition) is 6. The van der Waals surface area contributed by atoms with Crippen molar-refractivity contribution < 1.29 is 50.9 Å². The number of carboxylic acids is 1. The summed E-state index contributed by atoms with van der Waals surface area (Å²) < 4.78 is 77.0. The SMILES string of the molecule is C[C@H]1C[C@@]2(CCN1C[C@H](O)C(N)=O)OCCc1cc(C(F)(F)F)sc12.O=C(O)C(F)(F)F. The summed E-state index contributed by atoms with van der Waals surface area (Å²) in [5.74, 6) is -3.54. The van der Waals surface area contributed by atoms with E-state index in [2.05, 4.69) is 0 Å². The number of thiophene rings is 1. The van der Waals surface area contributed by atoms with E-state index in [-0.39, 0.29) is 12.6 Å². The number of piperidine rings is 1. The maximum Gasteiger partial charge on any atom is 0.490 e. The predicted octanol–water partition coefficient (Wildman–Crippen LogP) is 2.50. The molecule has 0 aliphatic carbocycles. The molecule has 2 aliphatic rings. The molecule has 3 heterocycles. The van der Waals surface area contributed by atoms with Gasteiger partial charge in [-0.1, -0.05) is 0 Å². The second kappa shape index (κ2) is 9.53. The van der Waals surface area contributed by atoms with Crippen LogP contribution in [0.3, 0.4) is 0 Å². The first kappa shape index (κ1) is 26.4. The Kier molecular flexibility index (Phi) is 7.85. The van der Waals surface area contributed by atoms with E-state index in [4.69, 9.17) is 20.4 Å². The smallest absolute Gasteiger partial charge is 0.475 e. The third-order valence-corrected chi connectivity index (χ3v) is 6.69. The van der Waals surface area contributed by atoms with Crippen LogP contribution in [-0.4, -0.2) is 65.0 Å². The van der Waals surface area contributed by atoms with E-state index in [9.17, 15) is 36.2 Å². The number of aliphatic hydroxyl groups excluding tert-OH is 1. The van der Waals surface area contributed by atoms with Gasteiger partial charge in [-0.2, -0.15) is 26.3 Å². The summed E-state index contributed by atoms with van der Waals surface area (Å²) in [6.07, 6.45) is -9.15. The molecule has 2 aliphatic heterocycles. The highest BCUT2D eigenvalue weighted by atomic mass is 32.1. The van der Waals surface area contributed by atoms with E-state index in [0.717, 1.165) is 16.9 Å². The van der Waals surface area contributed by atoms with Crippen LogP contribution in [0.4, 0.5) is 26.3 Å². The summed E-state index contributed by atoms with van der Waals surface area (Å²) in [5.41, 5.74) is 5.11. The number of nitrogens with zero attached hydrogens (tertiary/aromatic N) is 1. The molecule has 0 bridgehead atoms. The van der Waals surface area contributed by atoms with Crippen molar-refractivity contribution in [1.82, 2.24) is 4.90 Å². The number of rotatable bonds is 3. The van der Waals surface area contributed by atoms with Crippen molar-refractivity contribution in [3.63, 3.8) is 0 Å². The fourth-order valence-electron chi connectivity index (χ4n) is 3.74. The zero-order valence-corrected chi connectivity index (χ0v) is 17.6. The molecule has 1 fully saturated rings. The standard InChI is InChI=1S/C16H21F3N2O3S.C2HF3O2/c1-9-7-15(3-4-21(9)8-11(22)14(20)23)13-10(2-5-24-15)6-12(25-13)16(17,18)19;3-2(4,5)1(6)7/h6,9,11,22H,2-5,7-8H2,1H3,(H2,20,23);(H,6,7)/t9-,11-,15+;/m0./s1. The van der Waals surface area contributed by atoms with E-state index in [1.165, 1.54) is 6.07 Å². The summed E-state index contributed by atoms with van der Waals surface area (Å²) in [6.45, 7) is 2.96. The number of aliphatic carboxylic acids is 1. The van der Waals surface area contributed by atoms with Crippen molar-refractivity contribution in [1.29, 1.82) is 0 Å². The summed E-state index contributed by atoms with van der Waals surface area (Å²) in [4.78, 5) is 22.0. The molecule has 3 atom stereocenters. The average Bonchev–Trinajstić information content (AvgIpc) is 3.10. The first-order chi connectivity index (χ1) is 14.6. The van der Waals surface area contributed by atoms with Gasteiger partial charge in [-0.15, -0.1) is 11.3 Å². The van der Waals surface area contributed by atoms with Crippen molar-refractivity contribution >= 4 is 23.2 Å². The molecule has 1 aromatic heterocycles. The lowest BCUT2D eigenvalue weighted by atomic mass is 9.82. The van der Waals surface area contributed by atoms with E-state index in [0.29, 0.717) is 37.3 Å². The van der Waals surface area contributed by atoms with Gasteiger partial charge >= 0.3 is 18.3 Å². The molecule has 32 heavy (non-hydrogen) atoms. The summed E-state index contributed by atoms with van der Waals surface area (Å²) in [5, 5.41) is 16.8. The molecule has 7 nitrogen and oxygen atoms in total. The second-order valence-corrected chi connectivity index (χ2v) is 8.63.